The fraction of sp³-hybridized carbons (Fsp3) is 0.583. The number of carbonyl (C=O) groups is 1. The molecule has 1 fully saturated rings. The molecule has 2 rings (SSSR count). The van der Waals surface area contributed by atoms with Crippen LogP contribution in [0.15, 0.2) is 17.5 Å². The summed E-state index contributed by atoms with van der Waals surface area (Å²) >= 11 is 1.67. The van der Waals surface area contributed by atoms with Crippen LogP contribution < -0.4 is 10.6 Å². The van der Waals surface area contributed by atoms with Crippen LogP contribution in [0.2, 0.25) is 0 Å². The maximum atomic E-state index is 12.0. The number of hydrogen-bond donors (Lipinski definition) is 2. The van der Waals surface area contributed by atoms with Gasteiger partial charge in [0.2, 0.25) is 0 Å². The van der Waals surface area contributed by atoms with E-state index in [2.05, 4.69) is 23.6 Å². The van der Waals surface area contributed by atoms with Gasteiger partial charge in [0.25, 0.3) is 5.91 Å². The van der Waals surface area contributed by atoms with Crippen molar-refractivity contribution >= 4 is 17.2 Å². The van der Waals surface area contributed by atoms with E-state index in [4.69, 9.17) is 4.74 Å². The Morgan fingerprint density at radius 3 is 3.24 bits per heavy atom. The lowest BCUT2D eigenvalue weighted by molar-refractivity contribution is -0.135. The largest absolute Gasteiger partial charge is 0.366 e. The maximum absolute atomic E-state index is 12.0. The third kappa shape index (κ3) is 3.28. The Kier molecular flexibility index (Phi) is 4.53. The summed E-state index contributed by atoms with van der Waals surface area (Å²) in [7, 11) is 0. The zero-order valence-corrected chi connectivity index (χ0v) is 10.8. The van der Waals surface area contributed by atoms with Gasteiger partial charge in [-0.25, -0.2) is 0 Å². The van der Waals surface area contributed by atoms with Crippen LogP contribution in [-0.4, -0.2) is 31.7 Å². The molecule has 2 atom stereocenters. The number of carbonyl (C=O) groups excluding carboxylic acids is 1. The van der Waals surface area contributed by atoms with Crippen LogP contribution in [0.3, 0.4) is 0 Å². The fourth-order valence-electron chi connectivity index (χ4n) is 1.86. The second-order valence-corrected chi connectivity index (χ2v) is 5.03. The molecule has 1 aliphatic rings. The smallest absolute Gasteiger partial charge is 0.250 e. The minimum atomic E-state index is -0.349. The molecule has 0 aromatic carbocycles. The van der Waals surface area contributed by atoms with Crippen molar-refractivity contribution in [1.29, 1.82) is 0 Å². The Labute approximate surface area is 105 Å². The van der Waals surface area contributed by atoms with Gasteiger partial charge in [-0.2, -0.15) is 0 Å². The number of ether oxygens (including phenoxy) is 1. The first-order chi connectivity index (χ1) is 8.31. The molecule has 1 aliphatic heterocycles. The minimum Gasteiger partial charge on any atom is -0.366 e. The predicted octanol–water partition coefficient (Wildman–Crippen LogP) is 1.30. The quantitative estimate of drug-likeness (QED) is 0.851. The molecule has 0 spiro atoms. The first-order valence-electron chi connectivity index (χ1n) is 5.97. The average molecular weight is 254 g/mol. The first kappa shape index (κ1) is 12.5. The molecule has 5 heteroatoms. The highest BCUT2D eigenvalue weighted by Crippen LogP contribution is 2.21. The minimum absolute atomic E-state index is 0.0162. The molecular formula is C12H18N2O2S. The van der Waals surface area contributed by atoms with Crippen molar-refractivity contribution in [3.8, 4) is 0 Å². The molecule has 2 unspecified atom stereocenters. The Bertz CT molecular complexity index is 347. The Morgan fingerprint density at radius 2 is 2.65 bits per heavy atom. The molecule has 1 amide bonds. The van der Waals surface area contributed by atoms with Gasteiger partial charge in [-0.3, -0.25) is 4.79 Å². The van der Waals surface area contributed by atoms with Crippen LogP contribution in [0.25, 0.3) is 0 Å². The van der Waals surface area contributed by atoms with E-state index in [0.717, 1.165) is 13.0 Å². The van der Waals surface area contributed by atoms with E-state index in [-0.39, 0.29) is 18.1 Å². The number of nitrogens with one attached hydrogen (secondary N) is 2. The molecule has 17 heavy (non-hydrogen) atoms. The molecule has 2 N–H and O–H groups in total. The summed E-state index contributed by atoms with van der Waals surface area (Å²) < 4.78 is 5.43. The van der Waals surface area contributed by atoms with E-state index in [1.54, 1.807) is 11.3 Å². The molecule has 1 aromatic heterocycles. The molecular weight excluding hydrogens is 236 g/mol. The van der Waals surface area contributed by atoms with Crippen molar-refractivity contribution in [2.75, 3.05) is 19.7 Å². The Morgan fingerprint density at radius 1 is 1.76 bits per heavy atom. The van der Waals surface area contributed by atoms with Crippen molar-refractivity contribution in [2.24, 2.45) is 0 Å². The normalized spacial score (nSPS) is 22.1. The number of morpholine rings is 1. The number of thiophene rings is 1. The van der Waals surface area contributed by atoms with E-state index in [9.17, 15) is 4.79 Å². The molecule has 94 valence electrons. The molecule has 4 nitrogen and oxygen atoms in total. The third-order valence-electron chi connectivity index (χ3n) is 2.83. The fourth-order valence-corrected chi connectivity index (χ4v) is 2.72. The van der Waals surface area contributed by atoms with Crippen molar-refractivity contribution in [3.05, 3.63) is 22.4 Å². The monoisotopic (exact) mass is 254 g/mol. The van der Waals surface area contributed by atoms with Crippen molar-refractivity contribution in [1.82, 2.24) is 10.6 Å². The van der Waals surface area contributed by atoms with E-state index < -0.39 is 0 Å². The molecule has 2 heterocycles. The summed E-state index contributed by atoms with van der Waals surface area (Å²) in [6, 6.07) is 4.17. The van der Waals surface area contributed by atoms with Crippen LogP contribution in [0.1, 0.15) is 24.3 Å². The second-order valence-electron chi connectivity index (χ2n) is 4.05. The van der Waals surface area contributed by atoms with Gasteiger partial charge in [-0.1, -0.05) is 13.0 Å². The lowest BCUT2D eigenvalue weighted by atomic mass is 10.1. The molecule has 0 radical (unpaired) electrons. The highest BCUT2D eigenvalue weighted by atomic mass is 32.1. The highest BCUT2D eigenvalue weighted by molar-refractivity contribution is 7.10. The molecule has 1 saturated heterocycles. The summed E-state index contributed by atoms with van der Waals surface area (Å²) in [5.41, 5.74) is 0. The highest BCUT2D eigenvalue weighted by Gasteiger charge is 2.24. The first-order valence-corrected chi connectivity index (χ1v) is 6.85. The van der Waals surface area contributed by atoms with E-state index >= 15 is 0 Å². The van der Waals surface area contributed by atoms with E-state index in [1.807, 2.05) is 11.4 Å². The SMILES string of the molecule is CCC(NC(=O)C1CNCCO1)c1cccs1. The number of hydrogen-bond acceptors (Lipinski definition) is 4. The predicted molar refractivity (Wildman–Crippen MR) is 68.1 cm³/mol. The van der Waals surface area contributed by atoms with Crippen LogP contribution in [-0.2, 0) is 9.53 Å². The van der Waals surface area contributed by atoms with Crippen molar-refractivity contribution in [3.63, 3.8) is 0 Å². The van der Waals surface area contributed by atoms with E-state index in [1.165, 1.54) is 4.88 Å². The maximum Gasteiger partial charge on any atom is 0.250 e. The molecule has 0 bridgehead atoms. The van der Waals surface area contributed by atoms with Gasteiger partial charge >= 0.3 is 0 Å². The van der Waals surface area contributed by atoms with Crippen LogP contribution in [0, 0.1) is 0 Å². The van der Waals surface area contributed by atoms with Gasteiger partial charge in [-0.15, -0.1) is 11.3 Å². The number of rotatable bonds is 4. The van der Waals surface area contributed by atoms with Gasteiger partial charge in [0.05, 0.1) is 12.6 Å². The van der Waals surface area contributed by atoms with Crippen molar-refractivity contribution < 1.29 is 9.53 Å². The van der Waals surface area contributed by atoms with Crippen LogP contribution in [0.5, 0.6) is 0 Å². The summed E-state index contributed by atoms with van der Waals surface area (Å²) in [5.74, 6) is -0.0162. The molecule has 0 aliphatic carbocycles. The summed E-state index contributed by atoms with van der Waals surface area (Å²) in [5, 5.41) is 8.23. The lowest BCUT2D eigenvalue weighted by Crippen LogP contribution is -2.48. The topological polar surface area (TPSA) is 50.4 Å². The zero-order valence-electron chi connectivity index (χ0n) is 9.94. The lowest BCUT2D eigenvalue weighted by Gasteiger charge is -2.25. The average Bonchev–Trinajstić information content (AvgIpc) is 2.90. The zero-order chi connectivity index (χ0) is 12.1. The number of amides is 1. The summed E-state index contributed by atoms with van der Waals surface area (Å²) in [6.45, 7) is 4.11. The standard InChI is InChI=1S/C12H18N2O2S/c1-2-9(11-4-3-7-17-11)14-12(15)10-8-13-5-6-16-10/h3-4,7,9-10,13H,2,5-6,8H2,1H3,(H,14,15). The second kappa shape index (κ2) is 6.14. The Hall–Kier alpha value is -0.910. The van der Waals surface area contributed by atoms with Gasteiger partial charge < -0.3 is 15.4 Å². The molecule has 0 saturated carbocycles. The molecule has 1 aromatic rings. The van der Waals surface area contributed by atoms with E-state index in [0.29, 0.717) is 13.2 Å². The third-order valence-corrected chi connectivity index (χ3v) is 3.82. The van der Waals surface area contributed by atoms with Gasteiger partial charge in [-0.05, 0) is 17.9 Å². The van der Waals surface area contributed by atoms with Crippen LogP contribution in [0.4, 0.5) is 0 Å². The van der Waals surface area contributed by atoms with Crippen molar-refractivity contribution in [2.45, 2.75) is 25.5 Å². The van der Waals surface area contributed by atoms with Crippen LogP contribution >= 0.6 is 11.3 Å². The summed E-state index contributed by atoms with van der Waals surface area (Å²) in [6.07, 6.45) is 0.546. The Balaban J connectivity index is 1.92. The van der Waals surface area contributed by atoms with Gasteiger partial charge in [0.15, 0.2) is 0 Å². The van der Waals surface area contributed by atoms with Gasteiger partial charge in [0.1, 0.15) is 6.10 Å². The van der Waals surface area contributed by atoms with Gasteiger partial charge in [0, 0.05) is 18.0 Å². The summed E-state index contributed by atoms with van der Waals surface area (Å²) in [4.78, 5) is 13.2.